The lowest BCUT2D eigenvalue weighted by Gasteiger charge is -2.14. The van der Waals surface area contributed by atoms with Gasteiger partial charge in [0.1, 0.15) is 17.4 Å². The highest BCUT2D eigenvalue weighted by molar-refractivity contribution is 6.22. The van der Waals surface area contributed by atoms with Gasteiger partial charge in [-0.15, -0.1) is 11.6 Å². The number of methoxy groups -OCH3 is 1. The van der Waals surface area contributed by atoms with Gasteiger partial charge in [0.05, 0.1) is 12.5 Å². The molecule has 0 saturated heterocycles. The van der Waals surface area contributed by atoms with Crippen molar-refractivity contribution in [2.75, 3.05) is 7.11 Å². The third-order valence-electron chi connectivity index (χ3n) is 2.61. The molecule has 0 aliphatic heterocycles. The standard InChI is InChI=1S/C14H11ClF2O/c1-18-13-6-5-11(17)8-12(13)14(15)9-3-2-4-10(16)7-9/h2-8,14H,1H3. The molecule has 0 aliphatic rings. The van der Waals surface area contributed by atoms with E-state index in [0.29, 0.717) is 16.9 Å². The predicted molar refractivity (Wildman–Crippen MR) is 67.0 cm³/mol. The molecular formula is C14H11ClF2O. The minimum atomic E-state index is -0.661. The van der Waals surface area contributed by atoms with Crippen molar-refractivity contribution >= 4 is 11.6 Å². The first kappa shape index (κ1) is 12.8. The molecule has 4 heteroatoms. The van der Waals surface area contributed by atoms with Crippen LogP contribution in [-0.4, -0.2) is 7.11 Å². The van der Waals surface area contributed by atoms with Gasteiger partial charge in [0.2, 0.25) is 0 Å². The van der Waals surface area contributed by atoms with Gasteiger partial charge in [0, 0.05) is 5.56 Å². The number of hydrogen-bond donors (Lipinski definition) is 0. The van der Waals surface area contributed by atoms with Crippen LogP contribution in [0.15, 0.2) is 42.5 Å². The molecule has 0 spiro atoms. The zero-order chi connectivity index (χ0) is 13.1. The van der Waals surface area contributed by atoms with Crippen LogP contribution in [0.5, 0.6) is 5.75 Å². The Bertz CT molecular complexity index is 557. The highest BCUT2D eigenvalue weighted by Crippen LogP contribution is 2.35. The van der Waals surface area contributed by atoms with Gasteiger partial charge in [-0.2, -0.15) is 0 Å². The average molecular weight is 269 g/mol. The summed E-state index contributed by atoms with van der Waals surface area (Å²) in [6.45, 7) is 0. The van der Waals surface area contributed by atoms with E-state index in [1.54, 1.807) is 12.1 Å². The fourth-order valence-corrected chi connectivity index (χ4v) is 2.05. The van der Waals surface area contributed by atoms with E-state index in [0.717, 1.165) is 0 Å². The van der Waals surface area contributed by atoms with Gasteiger partial charge in [-0.05, 0) is 35.9 Å². The van der Waals surface area contributed by atoms with E-state index in [9.17, 15) is 8.78 Å². The normalized spacial score (nSPS) is 12.2. The summed E-state index contributed by atoms with van der Waals surface area (Å²) in [5.74, 6) is -0.318. The number of alkyl halides is 1. The maximum absolute atomic E-state index is 13.3. The second-order valence-electron chi connectivity index (χ2n) is 3.80. The Hall–Kier alpha value is -1.61. The molecule has 0 aliphatic carbocycles. The van der Waals surface area contributed by atoms with Crippen LogP contribution in [-0.2, 0) is 0 Å². The van der Waals surface area contributed by atoms with Crippen LogP contribution < -0.4 is 4.74 Å². The second kappa shape index (κ2) is 5.36. The zero-order valence-electron chi connectivity index (χ0n) is 9.66. The minimum Gasteiger partial charge on any atom is -0.496 e. The molecule has 0 bridgehead atoms. The summed E-state index contributed by atoms with van der Waals surface area (Å²) in [6.07, 6.45) is 0. The average Bonchev–Trinajstić information content (AvgIpc) is 2.38. The monoisotopic (exact) mass is 268 g/mol. The molecular weight excluding hydrogens is 258 g/mol. The highest BCUT2D eigenvalue weighted by atomic mass is 35.5. The summed E-state index contributed by atoms with van der Waals surface area (Å²) in [5.41, 5.74) is 1.03. The van der Waals surface area contributed by atoms with E-state index in [2.05, 4.69) is 0 Å². The van der Waals surface area contributed by atoms with E-state index in [1.165, 1.54) is 37.4 Å². The molecule has 1 atom stereocenters. The van der Waals surface area contributed by atoms with Gasteiger partial charge >= 0.3 is 0 Å². The Morgan fingerprint density at radius 2 is 1.78 bits per heavy atom. The largest absolute Gasteiger partial charge is 0.496 e. The molecule has 2 aromatic rings. The molecule has 1 unspecified atom stereocenters. The van der Waals surface area contributed by atoms with Gasteiger partial charge in [-0.1, -0.05) is 12.1 Å². The summed E-state index contributed by atoms with van der Waals surface area (Å²) in [7, 11) is 1.48. The van der Waals surface area contributed by atoms with Crippen LogP contribution in [0.4, 0.5) is 8.78 Å². The predicted octanol–water partition coefficient (Wildman–Crippen LogP) is 4.30. The summed E-state index contributed by atoms with van der Waals surface area (Å²) in [4.78, 5) is 0. The number of rotatable bonds is 3. The Labute approximate surface area is 109 Å². The quantitative estimate of drug-likeness (QED) is 0.754. The first-order chi connectivity index (χ1) is 8.61. The van der Waals surface area contributed by atoms with E-state index >= 15 is 0 Å². The molecule has 2 aromatic carbocycles. The van der Waals surface area contributed by atoms with Crippen molar-refractivity contribution < 1.29 is 13.5 Å². The molecule has 0 fully saturated rings. The molecule has 0 radical (unpaired) electrons. The van der Waals surface area contributed by atoms with Crippen molar-refractivity contribution in [3.05, 3.63) is 65.2 Å². The van der Waals surface area contributed by atoms with Crippen molar-refractivity contribution in [1.29, 1.82) is 0 Å². The first-order valence-corrected chi connectivity index (χ1v) is 5.78. The summed E-state index contributed by atoms with van der Waals surface area (Å²) in [5, 5.41) is -0.661. The van der Waals surface area contributed by atoms with Gasteiger partial charge < -0.3 is 4.74 Å². The van der Waals surface area contributed by atoms with E-state index in [1.807, 2.05) is 0 Å². The maximum Gasteiger partial charge on any atom is 0.124 e. The van der Waals surface area contributed by atoms with Crippen LogP contribution >= 0.6 is 11.6 Å². The molecule has 0 heterocycles. The third-order valence-corrected chi connectivity index (χ3v) is 3.09. The summed E-state index contributed by atoms with van der Waals surface area (Å²) in [6, 6.07) is 9.98. The lowest BCUT2D eigenvalue weighted by Crippen LogP contribution is -1.98. The van der Waals surface area contributed by atoms with Crippen molar-refractivity contribution in [2.24, 2.45) is 0 Å². The Morgan fingerprint density at radius 3 is 2.44 bits per heavy atom. The molecule has 0 saturated carbocycles. The lowest BCUT2D eigenvalue weighted by molar-refractivity contribution is 0.409. The minimum absolute atomic E-state index is 0.381. The Kier molecular flexibility index (Phi) is 3.82. The van der Waals surface area contributed by atoms with E-state index in [4.69, 9.17) is 16.3 Å². The number of hydrogen-bond acceptors (Lipinski definition) is 1. The SMILES string of the molecule is COc1ccc(F)cc1C(Cl)c1cccc(F)c1. The molecule has 1 nitrogen and oxygen atoms in total. The van der Waals surface area contributed by atoms with Gasteiger partial charge in [-0.25, -0.2) is 8.78 Å². The number of halogens is 3. The van der Waals surface area contributed by atoms with Crippen molar-refractivity contribution in [3.63, 3.8) is 0 Å². The Balaban J connectivity index is 2.44. The van der Waals surface area contributed by atoms with Crippen LogP contribution in [0.1, 0.15) is 16.5 Å². The van der Waals surface area contributed by atoms with Crippen molar-refractivity contribution in [1.82, 2.24) is 0 Å². The number of ether oxygens (including phenoxy) is 1. The third kappa shape index (κ3) is 2.62. The lowest BCUT2D eigenvalue weighted by atomic mass is 10.0. The fraction of sp³-hybridized carbons (Fsp3) is 0.143. The molecule has 0 N–H and O–H groups in total. The summed E-state index contributed by atoms with van der Waals surface area (Å²) < 4.78 is 31.5. The molecule has 0 aromatic heterocycles. The van der Waals surface area contributed by atoms with Crippen molar-refractivity contribution in [3.8, 4) is 5.75 Å². The Morgan fingerprint density at radius 1 is 1.06 bits per heavy atom. The second-order valence-corrected chi connectivity index (χ2v) is 4.24. The van der Waals surface area contributed by atoms with Crippen LogP contribution in [0.25, 0.3) is 0 Å². The van der Waals surface area contributed by atoms with E-state index in [-0.39, 0.29) is 5.82 Å². The van der Waals surface area contributed by atoms with Gasteiger partial charge in [0.25, 0.3) is 0 Å². The van der Waals surface area contributed by atoms with Crippen LogP contribution in [0.2, 0.25) is 0 Å². The molecule has 2 rings (SSSR count). The maximum atomic E-state index is 13.3. The topological polar surface area (TPSA) is 9.23 Å². The van der Waals surface area contributed by atoms with Gasteiger partial charge in [-0.3, -0.25) is 0 Å². The van der Waals surface area contributed by atoms with Crippen molar-refractivity contribution in [2.45, 2.75) is 5.38 Å². The first-order valence-electron chi connectivity index (χ1n) is 5.35. The van der Waals surface area contributed by atoms with Crippen LogP contribution in [0.3, 0.4) is 0 Å². The van der Waals surface area contributed by atoms with E-state index < -0.39 is 11.2 Å². The highest BCUT2D eigenvalue weighted by Gasteiger charge is 2.17. The zero-order valence-corrected chi connectivity index (χ0v) is 10.4. The molecule has 0 amide bonds. The van der Waals surface area contributed by atoms with Gasteiger partial charge in [0.15, 0.2) is 0 Å². The number of benzene rings is 2. The smallest absolute Gasteiger partial charge is 0.124 e. The summed E-state index contributed by atoms with van der Waals surface area (Å²) >= 11 is 6.25. The van der Waals surface area contributed by atoms with Crippen LogP contribution in [0, 0.1) is 11.6 Å². The fourth-order valence-electron chi connectivity index (χ4n) is 1.75. The molecule has 94 valence electrons. The molecule has 18 heavy (non-hydrogen) atoms.